The maximum atomic E-state index is 13.2. The van der Waals surface area contributed by atoms with Crippen LogP contribution in [0.25, 0.3) is 28.4 Å². The highest BCUT2D eigenvalue weighted by Crippen LogP contribution is 2.42. The van der Waals surface area contributed by atoms with Gasteiger partial charge >= 0.3 is 6.09 Å². The predicted octanol–water partition coefficient (Wildman–Crippen LogP) is 6.94. The number of pyridine rings is 2. The summed E-state index contributed by atoms with van der Waals surface area (Å²) in [6.07, 6.45) is 10.4. The molecule has 0 bridgehead atoms. The first-order chi connectivity index (χ1) is 24.0. The number of hydrogen-bond acceptors (Lipinski definition) is 10. The fraction of sp³-hybridized carbons (Fsp3) is 0.436. The molecule has 2 saturated heterocycles. The van der Waals surface area contributed by atoms with Crippen LogP contribution in [0.15, 0.2) is 60.6 Å². The number of carbonyl (C=O) groups excluding carboxylic acids is 2. The Labute approximate surface area is 293 Å². The van der Waals surface area contributed by atoms with E-state index in [0.29, 0.717) is 54.5 Å². The van der Waals surface area contributed by atoms with Gasteiger partial charge in [-0.15, -0.1) is 0 Å². The Bertz CT molecular complexity index is 1900. The molecule has 3 aromatic heterocycles. The van der Waals surface area contributed by atoms with Crippen molar-refractivity contribution in [1.29, 1.82) is 0 Å². The fourth-order valence-corrected chi connectivity index (χ4v) is 6.84. The summed E-state index contributed by atoms with van der Waals surface area (Å²) in [5.41, 5.74) is 3.29. The van der Waals surface area contributed by atoms with Crippen LogP contribution < -0.4 is 14.4 Å². The highest BCUT2D eigenvalue weighted by Gasteiger charge is 2.43. The number of hydrogen-bond donors (Lipinski definition) is 0. The topological polar surface area (TPSA) is 120 Å². The van der Waals surface area contributed by atoms with Gasteiger partial charge in [-0.1, -0.05) is 13.0 Å². The Morgan fingerprint density at radius 2 is 1.70 bits per heavy atom. The Hall–Kier alpha value is -5.06. The number of Topliss-reactive ketones (excluding diaryl/α,β-unsaturated/α-hetero) is 1. The largest absolute Gasteiger partial charge is 0.497 e. The normalized spacial score (nSPS) is 16.2. The molecule has 262 valence electrons. The maximum absolute atomic E-state index is 13.2. The van der Waals surface area contributed by atoms with Gasteiger partial charge in [-0.2, -0.15) is 0 Å². The van der Waals surface area contributed by atoms with Crippen LogP contribution in [0.4, 0.5) is 10.6 Å². The number of aromatic nitrogens is 4. The zero-order chi connectivity index (χ0) is 35.5. The lowest BCUT2D eigenvalue weighted by Gasteiger charge is -2.40. The average Bonchev–Trinajstić information content (AvgIpc) is 3.54. The minimum absolute atomic E-state index is 0.0348. The van der Waals surface area contributed by atoms with Gasteiger partial charge in [0.1, 0.15) is 22.9 Å². The van der Waals surface area contributed by atoms with E-state index in [1.807, 2.05) is 75.1 Å². The molecule has 1 aromatic carbocycles. The number of carbonyl (C=O) groups is 2. The quantitative estimate of drug-likeness (QED) is 0.172. The van der Waals surface area contributed by atoms with Crippen LogP contribution in [0, 0.1) is 5.41 Å². The molecule has 2 fully saturated rings. The summed E-state index contributed by atoms with van der Waals surface area (Å²) in [6.45, 7) is 10.6. The minimum atomic E-state index is -0.521. The molecule has 0 aliphatic carbocycles. The lowest BCUT2D eigenvalue weighted by molar-refractivity contribution is -0.115. The molecule has 6 rings (SSSR count). The van der Waals surface area contributed by atoms with E-state index in [2.05, 4.69) is 9.88 Å². The second-order valence-corrected chi connectivity index (χ2v) is 14.2. The van der Waals surface area contributed by atoms with E-state index >= 15 is 0 Å². The molecule has 50 heavy (non-hydrogen) atoms. The fourth-order valence-electron chi connectivity index (χ4n) is 6.84. The summed E-state index contributed by atoms with van der Waals surface area (Å²) in [4.78, 5) is 49.2. The zero-order valence-electron chi connectivity index (χ0n) is 29.9. The molecule has 0 N–H and O–H groups in total. The van der Waals surface area contributed by atoms with Crippen LogP contribution >= 0.6 is 0 Å². The monoisotopic (exact) mass is 678 g/mol. The molecule has 5 heterocycles. The number of ketones is 1. The Morgan fingerprint density at radius 3 is 2.38 bits per heavy atom. The minimum Gasteiger partial charge on any atom is -0.497 e. The number of piperidine rings is 1. The van der Waals surface area contributed by atoms with E-state index < -0.39 is 5.60 Å². The predicted molar refractivity (Wildman–Crippen MR) is 193 cm³/mol. The van der Waals surface area contributed by atoms with Crippen LogP contribution in [0.1, 0.15) is 64.6 Å². The second kappa shape index (κ2) is 14.4. The van der Waals surface area contributed by atoms with Gasteiger partial charge in [0, 0.05) is 74.0 Å². The van der Waals surface area contributed by atoms with Crippen molar-refractivity contribution in [2.75, 3.05) is 45.3 Å². The molecule has 2 aliphatic heterocycles. The van der Waals surface area contributed by atoms with Crippen LogP contribution in [-0.2, 0) is 16.0 Å². The first-order valence-corrected chi connectivity index (χ1v) is 17.3. The van der Waals surface area contributed by atoms with E-state index in [1.54, 1.807) is 32.8 Å². The standard InChI is InChI=1S/C39H46N6O5/c1-7-33(46)28(20-27-8-9-30(48-5)23-34(27)49-6)21-29-22-31-32(24-41-29)42-35(26-10-15-40-16-11-26)43-36(31)44-17-12-39(13-18-44)14-19-45(25-39)37(47)50-38(2,3)4/h8-11,15-16,21-24H,7,12-14,17-20,25H2,1-6H3/b28-21-. The van der Waals surface area contributed by atoms with Gasteiger partial charge in [0.25, 0.3) is 0 Å². The van der Waals surface area contributed by atoms with Gasteiger partial charge in [-0.25, -0.2) is 14.8 Å². The number of ether oxygens (including phenoxy) is 3. The molecule has 4 aromatic rings. The van der Waals surface area contributed by atoms with Gasteiger partial charge in [0.2, 0.25) is 0 Å². The van der Waals surface area contributed by atoms with Crippen LogP contribution in [-0.4, -0.2) is 82.7 Å². The maximum Gasteiger partial charge on any atom is 0.410 e. The van der Waals surface area contributed by atoms with Gasteiger partial charge < -0.3 is 24.0 Å². The number of rotatable bonds is 9. The summed E-state index contributed by atoms with van der Waals surface area (Å²) < 4.78 is 16.7. The summed E-state index contributed by atoms with van der Waals surface area (Å²) in [6, 6.07) is 11.4. The molecule has 0 radical (unpaired) electrons. The van der Waals surface area contributed by atoms with Gasteiger partial charge in [0.05, 0.1) is 31.6 Å². The lowest BCUT2D eigenvalue weighted by Crippen LogP contribution is -2.43. The van der Waals surface area contributed by atoms with E-state index in [0.717, 1.165) is 60.2 Å². The molecule has 11 nitrogen and oxygen atoms in total. The molecule has 1 amide bonds. The number of fused-ring (bicyclic) bond motifs is 1. The Morgan fingerprint density at radius 1 is 0.960 bits per heavy atom. The van der Waals surface area contributed by atoms with E-state index in [-0.39, 0.29) is 17.3 Å². The Balaban J connectivity index is 1.32. The smallest absolute Gasteiger partial charge is 0.410 e. The first kappa shape index (κ1) is 34.8. The molecule has 0 unspecified atom stereocenters. The third kappa shape index (κ3) is 7.72. The third-order valence-corrected chi connectivity index (χ3v) is 9.61. The van der Waals surface area contributed by atoms with Gasteiger partial charge in [-0.3, -0.25) is 14.8 Å². The molecule has 2 aliphatic rings. The lowest BCUT2D eigenvalue weighted by atomic mass is 9.78. The third-order valence-electron chi connectivity index (χ3n) is 9.61. The molecule has 1 spiro atoms. The number of anilines is 1. The highest BCUT2D eigenvalue weighted by atomic mass is 16.6. The summed E-state index contributed by atoms with van der Waals surface area (Å²) in [5.74, 6) is 2.81. The van der Waals surface area contributed by atoms with E-state index in [1.165, 1.54) is 0 Å². The van der Waals surface area contributed by atoms with Gasteiger partial charge in [-0.05, 0) is 81.4 Å². The summed E-state index contributed by atoms with van der Waals surface area (Å²) in [7, 11) is 3.22. The van der Waals surface area contributed by atoms with Crippen molar-refractivity contribution in [1.82, 2.24) is 24.8 Å². The number of allylic oxidation sites excluding steroid dienone is 1. The van der Waals surface area contributed by atoms with Crippen LogP contribution in [0.3, 0.4) is 0 Å². The number of amides is 1. The van der Waals surface area contributed by atoms with Crippen LogP contribution in [0.5, 0.6) is 11.5 Å². The molecule has 0 saturated carbocycles. The van der Waals surface area contributed by atoms with E-state index in [9.17, 15) is 9.59 Å². The summed E-state index contributed by atoms with van der Waals surface area (Å²) >= 11 is 0. The number of likely N-dealkylation sites (tertiary alicyclic amines) is 1. The first-order valence-electron chi connectivity index (χ1n) is 17.3. The van der Waals surface area contributed by atoms with Crippen molar-refractivity contribution in [2.45, 2.75) is 65.4 Å². The number of nitrogens with zero attached hydrogens (tertiary/aromatic N) is 6. The molecular formula is C39H46N6O5. The molecule has 0 atom stereocenters. The Kier molecular flexibility index (Phi) is 10.0. The van der Waals surface area contributed by atoms with Crippen molar-refractivity contribution in [3.63, 3.8) is 0 Å². The van der Waals surface area contributed by atoms with E-state index in [4.69, 9.17) is 29.2 Å². The molecule has 11 heteroatoms. The van der Waals surface area contributed by atoms with Crippen molar-refractivity contribution < 1.29 is 23.8 Å². The van der Waals surface area contributed by atoms with Gasteiger partial charge in [0.15, 0.2) is 11.6 Å². The van der Waals surface area contributed by atoms with Crippen molar-refractivity contribution in [3.05, 3.63) is 71.8 Å². The average molecular weight is 679 g/mol. The second-order valence-electron chi connectivity index (χ2n) is 14.2. The number of benzene rings is 1. The van der Waals surface area contributed by atoms with Crippen molar-refractivity contribution >= 4 is 34.7 Å². The van der Waals surface area contributed by atoms with Crippen LogP contribution in [0.2, 0.25) is 0 Å². The molecular weight excluding hydrogens is 632 g/mol. The summed E-state index contributed by atoms with van der Waals surface area (Å²) in [5, 5.41) is 0.868. The zero-order valence-corrected chi connectivity index (χ0v) is 29.9. The highest BCUT2D eigenvalue weighted by molar-refractivity contribution is 6.00. The SMILES string of the molecule is CCC(=O)/C(=C\c1cc2c(N3CCC4(CCN(C(=O)OC(C)(C)C)C4)CC3)nc(-c3ccncc3)nc2cn1)Cc1ccc(OC)cc1OC. The van der Waals surface area contributed by atoms with Crippen molar-refractivity contribution in [3.8, 4) is 22.9 Å². The van der Waals surface area contributed by atoms with Crippen molar-refractivity contribution in [2.24, 2.45) is 5.41 Å². The number of methoxy groups -OCH3 is 2.